The molecule has 0 fully saturated rings. The van der Waals surface area contributed by atoms with Crippen molar-refractivity contribution in [2.75, 3.05) is 18.8 Å². The third-order valence-electron chi connectivity index (χ3n) is 2.89. The van der Waals surface area contributed by atoms with Crippen LogP contribution in [0.3, 0.4) is 0 Å². The average Bonchev–Trinajstić information content (AvgIpc) is 2.25. The van der Waals surface area contributed by atoms with Gasteiger partial charge in [-0.25, -0.2) is 0 Å². The summed E-state index contributed by atoms with van der Waals surface area (Å²) in [5.74, 6) is 0. The number of rotatable bonds is 2. The van der Waals surface area contributed by atoms with E-state index in [1.54, 1.807) is 0 Å². The van der Waals surface area contributed by atoms with Gasteiger partial charge in [0.1, 0.15) is 0 Å². The van der Waals surface area contributed by atoms with E-state index in [4.69, 9.17) is 5.73 Å². The molecule has 0 unspecified atom stereocenters. The molecular weight excluding hydrogens is 184 g/mol. The molecule has 0 aromatic heterocycles. The van der Waals surface area contributed by atoms with E-state index < -0.39 is 0 Å². The molecule has 1 heterocycles. The normalized spacial score (nSPS) is 16.9. The van der Waals surface area contributed by atoms with Crippen LogP contribution in [0.15, 0.2) is 30.4 Å². The van der Waals surface area contributed by atoms with Crippen LogP contribution < -0.4 is 5.73 Å². The Bertz CT molecular complexity index is 369. The lowest BCUT2D eigenvalue weighted by atomic mass is 10.1. The molecule has 1 aromatic rings. The van der Waals surface area contributed by atoms with Crippen LogP contribution >= 0.6 is 0 Å². The fraction of sp³-hybridized carbons (Fsp3) is 0.385. The van der Waals surface area contributed by atoms with Gasteiger partial charge in [-0.3, -0.25) is 4.90 Å². The van der Waals surface area contributed by atoms with E-state index in [9.17, 15) is 0 Å². The smallest absolute Gasteiger partial charge is 0.0346 e. The van der Waals surface area contributed by atoms with Crippen LogP contribution in [-0.4, -0.2) is 18.0 Å². The highest BCUT2D eigenvalue weighted by Crippen LogP contribution is 2.15. The van der Waals surface area contributed by atoms with Crippen molar-refractivity contribution in [2.45, 2.75) is 19.9 Å². The second kappa shape index (κ2) is 4.49. The second-order valence-corrected chi connectivity index (χ2v) is 4.19. The topological polar surface area (TPSA) is 29.3 Å². The van der Waals surface area contributed by atoms with Gasteiger partial charge in [0.25, 0.3) is 0 Å². The van der Waals surface area contributed by atoms with Crippen LogP contribution in [0.1, 0.15) is 17.5 Å². The number of hydrogen-bond acceptors (Lipinski definition) is 2. The third kappa shape index (κ3) is 2.60. The number of aryl methyl sites for hydroxylation is 1. The van der Waals surface area contributed by atoms with Gasteiger partial charge in [0.2, 0.25) is 0 Å². The standard InChI is InChI=1S/C13H18N2/c1-11-5-6-12(9-13(11)14)10-15-7-3-2-4-8-15/h2-3,5-6,9H,4,7-8,10,14H2,1H3. The maximum absolute atomic E-state index is 5.89. The first kappa shape index (κ1) is 10.2. The third-order valence-corrected chi connectivity index (χ3v) is 2.89. The molecule has 1 aromatic carbocycles. The summed E-state index contributed by atoms with van der Waals surface area (Å²) >= 11 is 0. The van der Waals surface area contributed by atoms with Gasteiger partial charge in [0.15, 0.2) is 0 Å². The van der Waals surface area contributed by atoms with Crippen molar-refractivity contribution >= 4 is 5.69 Å². The van der Waals surface area contributed by atoms with Crippen LogP contribution in [0.4, 0.5) is 5.69 Å². The lowest BCUT2D eigenvalue weighted by Gasteiger charge is -2.23. The minimum atomic E-state index is 0.903. The van der Waals surface area contributed by atoms with Crippen molar-refractivity contribution < 1.29 is 0 Å². The monoisotopic (exact) mass is 202 g/mol. The maximum atomic E-state index is 5.89. The number of benzene rings is 1. The minimum Gasteiger partial charge on any atom is -0.399 e. The maximum Gasteiger partial charge on any atom is 0.0346 e. The fourth-order valence-electron chi connectivity index (χ4n) is 1.88. The Hall–Kier alpha value is -1.28. The Morgan fingerprint density at radius 3 is 2.87 bits per heavy atom. The van der Waals surface area contributed by atoms with E-state index in [1.165, 1.54) is 12.0 Å². The fourth-order valence-corrected chi connectivity index (χ4v) is 1.88. The minimum absolute atomic E-state index is 0.903. The quantitative estimate of drug-likeness (QED) is 0.589. The second-order valence-electron chi connectivity index (χ2n) is 4.19. The molecule has 2 rings (SSSR count). The zero-order valence-corrected chi connectivity index (χ0v) is 9.24. The van der Waals surface area contributed by atoms with Gasteiger partial charge in [-0.05, 0) is 30.5 Å². The van der Waals surface area contributed by atoms with Crippen LogP contribution in [0.2, 0.25) is 0 Å². The summed E-state index contributed by atoms with van der Waals surface area (Å²) in [7, 11) is 0. The Morgan fingerprint density at radius 1 is 1.33 bits per heavy atom. The Kier molecular flexibility index (Phi) is 3.07. The van der Waals surface area contributed by atoms with Crippen molar-refractivity contribution in [3.8, 4) is 0 Å². The first-order valence-electron chi connectivity index (χ1n) is 5.48. The first-order valence-corrected chi connectivity index (χ1v) is 5.48. The lowest BCUT2D eigenvalue weighted by Crippen LogP contribution is -2.26. The van der Waals surface area contributed by atoms with E-state index in [1.807, 2.05) is 6.92 Å². The van der Waals surface area contributed by atoms with Gasteiger partial charge in [-0.1, -0.05) is 24.3 Å². The molecule has 0 atom stereocenters. The Morgan fingerprint density at radius 2 is 2.20 bits per heavy atom. The van der Waals surface area contributed by atoms with Gasteiger partial charge in [0.05, 0.1) is 0 Å². The largest absolute Gasteiger partial charge is 0.399 e. The number of hydrogen-bond donors (Lipinski definition) is 1. The zero-order valence-electron chi connectivity index (χ0n) is 9.24. The van der Waals surface area contributed by atoms with Crippen molar-refractivity contribution in [2.24, 2.45) is 0 Å². The highest BCUT2D eigenvalue weighted by molar-refractivity contribution is 5.48. The van der Waals surface area contributed by atoms with Gasteiger partial charge in [0, 0.05) is 25.3 Å². The number of nitrogens with two attached hydrogens (primary N) is 1. The van der Waals surface area contributed by atoms with E-state index in [-0.39, 0.29) is 0 Å². The van der Waals surface area contributed by atoms with Crippen molar-refractivity contribution in [3.63, 3.8) is 0 Å². The average molecular weight is 202 g/mol. The highest BCUT2D eigenvalue weighted by atomic mass is 15.1. The molecule has 2 nitrogen and oxygen atoms in total. The number of anilines is 1. The Balaban J connectivity index is 2.04. The van der Waals surface area contributed by atoms with Crippen molar-refractivity contribution in [1.82, 2.24) is 4.90 Å². The van der Waals surface area contributed by atoms with E-state index in [2.05, 4.69) is 35.3 Å². The summed E-state index contributed by atoms with van der Waals surface area (Å²) in [6, 6.07) is 6.36. The lowest BCUT2D eigenvalue weighted by molar-refractivity contribution is 0.291. The molecule has 0 saturated carbocycles. The van der Waals surface area contributed by atoms with Crippen molar-refractivity contribution in [3.05, 3.63) is 41.5 Å². The predicted octanol–water partition coefficient (Wildman–Crippen LogP) is 2.34. The summed E-state index contributed by atoms with van der Waals surface area (Å²) < 4.78 is 0. The SMILES string of the molecule is Cc1ccc(CN2CC=CCC2)cc1N. The van der Waals surface area contributed by atoms with Crippen molar-refractivity contribution in [1.29, 1.82) is 0 Å². The highest BCUT2D eigenvalue weighted by Gasteiger charge is 2.07. The summed E-state index contributed by atoms with van der Waals surface area (Å²) in [6.07, 6.45) is 5.66. The Labute approximate surface area is 91.4 Å². The molecule has 2 N–H and O–H groups in total. The van der Waals surface area contributed by atoms with Gasteiger partial charge in [-0.15, -0.1) is 0 Å². The van der Waals surface area contributed by atoms with E-state index in [0.29, 0.717) is 0 Å². The number of nitrogen functional groups attached to an aromatic ring is 1. The summed E-state index contributed by atoms with van der Waals surface area (Å²) in [4.78, 5) is 2.43. The summed E-state index contributed by atoms with van der Waals surface area (Å²) in [5, 5.41) is 0. The molecule has 80 valence electrons. The zero-order chi connectivity index (χ0) is 10.7. The van der Waals surface area contributed by atoms with Crippen LogP contribution in [0.5, 0.6) is 0 Å². The number of nitrogens with zero attached hydrogens (tertiary/aromatic N) is 1. The van der Waals surface area contributed by atoms with Gasteiger partial charge >= 0.3 is 0 Å². The van der Waals surface area contributed by atoms with Gasteiger partial charge in [-0.2, -0.15) is 0 Å². The molecule has 0 saturated heterocycles. The molecule has 0 bridgehead atoms. The molecule has 0 spiro atoms. The van der Waals surface area contributed by atoms with Gasteiger partial charge < -0.3 is 5.73 Å². The van der Waals surface area contributed by atoms with Crippen LogP contribution in [0, 0.1) is 6.92 Å². The summed E-state index contributed by atoms with van der Waals surface area (Å²) in [5.41, 5.74) is 9.27. The summed E-state index contributed by atoms with van der Waals surface area (Å²) in [6.45, 7) is 5.27. The molecule has 1 aliphatic rings. The molecule has 1 aliphatic heterocycles. The first-order chi connectivity index (χ1) is 7.25. The van der Waals surface area contributed by atoms with E-state index in [0.717, 1.165) is 30.9 Å². The molecule has 0 amide bonds. The van der Waals surface area contributed by atoms with E-state index >= 15 is 0 Å². The van der Waals surface area contributed by atoms with Crippen LogP contribution in [0.25, 0.3) is 0 Å². The molecule has 15 heavy (non-hydrogen) atoms. The van der Waals surface area contributed by atoms with Crippen LogP contribution in [-0.2, 0) is 6.54 Å². The molecular formula is C13H18N2. The molecule has 0 radical (unpaired) electrons. The molecule has 0 aliphatic carbocycles. The molecule has 2 heteroatoms. The predicted molar refractivity (Wildman–Crippen MR) is 64.6 cm³/mol.